The summed E-state index contributed by atoms with van der Waals surface area (Å²) in [4.78, 5) is -0.247. The standard InChI is InChI=1S/C11H14F4N2O2S/c1-7-5-8(12)9(16)6-10(7)20(18,19)17-4-2-3-11(13,14)15/h5-6,17H,2-4,16H2,1H3. The third-order valence-electron chi connectivity index (χ3n) is 2.51. The molecule has 0 atom stereocenters. The van der Waals surface area contributed by atoms with Gasteiger partial charge in [-0.1, -0.05) is 0 Å². The normalized spacial score (nSPS) is 12.7. The van der Waals surface area contributed by atoms with E-state index in [4.69, 9.17) is 5.73 Å². The number of aryl methyl sites for hydroxylation is 1. The van der Waals surface area contributed by atoms with Crippen LogP contribution in [0, 0.1) is 12.7 Å². The Morgan fingerprint density at radius 3 is 2.45 bits per heavy atom. The molecule has 0 heterocycles. The maximum Gasteiger partial charge on any atom is 0.389 e. The van der Waals surface area contributed by atoms with Gasteiger partial charge < -0.3 is 5.73 Å². The van der Waals surface area contributed by atoms with E-state index in [9.17, 15) is 26.0 Å². The van der Waals surface area contributed by atoms with Crippen molar-refractivity contribution < 1.29 is 26.0 Å². The average molecular weight is 314 g/mol. The predicted molar refractivity (Wildman–Crippen MR) is 66.0 cm³/mol. The molecule has 0 fully saturated rings. The minimum atomic E-state index is -4.33. The van der Waals surface area contributed by atoms with Gasteiger partial charge in [0.1, 0.15) is 5.82 Å². The number of nitrogen functional groups attached to an aromatic ring is 1. The first-order valence-corrected chi connectivity index (χ1v) is 7.13. The van der Waals surface area contributed by atoms with E-state index in [1.807, 2.05) is 4.72 Å². The molecule has 1 rings (SSSR count). The van der Waals surface area contributed by atoms with Gasteiger partial charge in [-0.25, -0.2) is 17.5 Å². The Morgan fingerprint density at radius 2 is 1.90 bits per heavy atom. The van der Waals surface area contributed by atoms with Crippen LogP contribution in [0.25, 0.3) is 0 Å². The molecule has 9 heteroatoms. The first kappa shape index (κ1) is 16.7. The summed E-state index contributed by atoms with van der Waals surface area (Å²) in [6, 6.07) is 1.90. The smallest absolute Gasteiger partial charge is 0.389 e. The lowest BCUT2D eigenvalue weighted by Gasteiger charge is -2.11. The number of halogens is 4. The van der Waals surface area contributed by atoms with E-state index in [-0.39, 0.29) is 29.1 Å². The molecule has 0 aromatic heterocycles. The summed E-state index contributed by atoms with van der Waals surface area (Å²) in [5.41, 5.74) is 5.07. The highest BCUT2D eigenvalue weighted by Crippen LogP contribution is 2.23. The average Bonchev–Trinajstić information content (AvgIpc) is 2.28. The van der Waals surface area contributed by atoms with Gasteiger partial charge in [0.2, 0.25) is 10.0 Å². The lowest BCUT2D eigenvalue weighted by atomic mass is 10.2. The molecule has 0 bridgehead atoms. The van der Waals surface area contributed by atoms with Crippen molar-refractivity contribution in [1.29, 1.82) is 0 Å². The van der Waals surface area contributed by atoms with Crippen molar-refractivity contribution in [2.75, 3.05) is 12.3 Å². The highest BCUT2D eigenvalue weighted by Gasteiger charge is 2.26. The van der Waals surface area contributed by atoms with Gasteiger partial charge in [-0.05, 0) is 31.0 Å². The number of sulfonamides is 1. The second-order valence-corrected chi connectivity index (χ2v) is 5.99. The molecule has 0 aliphatic carbocycles. The highest BCUT2D eigenvalue weighted by molar-refractivity contribution is 7.89. The van der Waals surface area contributed by atoms with Crippen molar-refractivity contribution in [2.45, 2.75) is 30.8 Å². The van der Waals surface area contributed by atoms with E-state index in [0.717, 1.165) is 12.1 Å². The first-order valence-electron chi connectivity index (χ1n) is 5.65. The van der Waals surface area contributed by atoms with E-state index in [1.165, 1.54) is 6.92 Å². The van der Waals surface area contributed by atoms with Crippen LogP contribution in [0.2, 0.25) is 0 Å². The molecular formula is C11H14F4N2O2S. The number of rotatable bonds is 5. The molecule has 0 unspecified atom stereocenters. The van der Waals surface area contributed by atoms with Crippen molar-refractivity contribution in [3.8, 4) is 0 Å². The number of anilines is 1. The number of nitrogens with two attached hydrogens (primary N) is 1. The lowest BCUT2D eigenvalue weighted by Crippen LogP contribution is -2.26. The molecule has 0 saturated heterocycles. The molecule has 0 saturated carbocycles. The SMILES string of the molecule is Cc1cc(F)c(N)cc1S(=O)(=O)NCCCC(F)(F)F. The second kappa shape index (κ2) is 5.96. The van der Waals surface area contributed by atoms with Gasteiger partial charge in [0.15, 0.2) is 0 Å². The number of alkyl halides is 3. The maximum atomic E-state index is 13.1. The molecule has 114 valence electrons. The minimum absolute atomic E-state index is 0.125. The van der Waals surface area contributed by atoms with Gasteiger partial charge in [0, 0.05) is 13.0 Å². The van der Waals surface area contributed by atoms with Crippen LogP contribution in [-0.4, -0.2) is 21.1 Å². The Morgan fingerprint density at radius 1 is 1.30 bits per heavy atom. The van der Waals surface area contributed by atoms with Crippen molar-refractivity contribution in [3.05, 3.63) is 23.5 Å². The summed E-state index contributed by atoms with van der Waals surface area (Å²) in [5.74, 6) is -0.751. The van der Waals surface area contributed by atoms with Gasteiger partial charge in [-0.15, -0.1) is 0 Å². The van der Waals surface area contributed by atoms with Gasteiger partial charge in [0.25, 0.3) is 0 Å². The molecule has 1 aromatic rings. The summed E-state index contributed by atoms with van der Waals surface area (Å²) >= 11 is 0. The molecule has 1 aromatic carbocycles. The Kier molecular flexibility index (Phi) is 4.98. The molecule has 20 heavy (non-hydrogen) atoms. The van der Waals surface area contributed by atoms with E-state index in [1.54, 1.807) is 0 Å². The molecular weight excluding hydrogens is 300 g/mol. The third kappa shape index (κ3) is 4.64. The zero-order valence-corrected chi connectivity index (χ0v) is 11.4. The first-order chi connectivity index (χ1) is 9.03. The summed E-state index contributed by atoms with van der Waals surface area (Å²) in [5, 5.41) is 0. The Bertz CT molecular complexity index is 585. The molecule has 0 aliphatic rings. The van der Waals surface area contributed by atoms with Crippen molar-refractivity contribution in [1.82, 2.24) is 4.72 Å². The molecule has 0 amide bonds. The fraction of sp³-hybridized carbons (Fsp3) is 0.455. The topological polar surface area (TPSA) is 72.2 Å². The largest absolute Gasteiger partial charge is 0.396 e. The number of hydrogen-bond donors (Lipinski definition) is 2. The Labute approximate surface area is 114 Å². The fourth-order valence-corrected chi connectivity index (χ4v) is 2.86. The van der Waals surface area contributed by atoms with Crippen LogP contribution < -0.4 is 10.5 Å². The predicted octanol–water partition coefficient (Wildman–Crippen LogP) is 2.34. The Balaban J connectivity index is 2.77. The summed E-state index contributed by atoms with van der Waals surface area (Å²) in [6.45, 7) is 1.01. The van der Waals surface area contributed by atoms with Crippen LogP contribution in [0.1, 0.15) is 18.4 Å². The van der Waals surface area contributed by atoms with Gasteiger partial charge >= 0.3 is 6.18 Å². The van der Waals surface area contributed by atoms with Gasteiger partial charge in [-0.2, -0.15) is 13.2 Å². The number of nitrogens with one attached hydrogen (secondary N) is 1. The molecule has 0 spiro atoms. The van der Waals surface area contributed by atoms with Crippen LogP contribution in [0.15, 0.2) is 17.0 Å². The van der Waals surface area contributed by atoms with Crippen LogP contribution in [0.4, 0.5) is 23.2 Å². The Hall–Kier alpha value is -1.35. The minimum Gasteiger partial charge on any atom is -0.396 e. The summed E-state index contributed by atoms with van der Waals surface area (Å²) in [6.07, 6.45) is -5.79. The van der Waals surface area contributed by atoms with Gasteiger partial charge in [-0.3, -0.25) is 0 Å². The number of benzene rings is 1. The highest BCUT2D eigenvalue weighted by atomic mass is 32.2. The van der Waals surface area contributed by atoms with Crippen LogP contribution >= 0.6 is 0 Å². The van der Waals surface area contributed by atoms with Crippen molar-refractivity contribution >= 4 is 15.7 Å². The van der Waals surface area contributed by atoms with Crippen molar-refractivity contribution in [2.24, 2.45) is 0 Å². The van der Waals surface area contributed by atoms with E-state index in [0.29, 0.717) is 0 Å². The second-order valence-electron chi connectivity index (χ2n) is 4.26. The van der Waals surface area contributed by atoms with Crippen LogP contribution in [0.5, 0.6) is 0 Å². The molecule has 0 radical (unpaired) electrons. The maximum absolute atomic E-state index is 13.1. The zero-order valence-electron chi connectivity index (χ0n) is 10.6. The van der Waals surface area contributed by atoms with Gasteiger partial charge in [0.05, 0.1) is 10.6 Å². The summed E-state index contributed by atoms with van der Waals surface area (Å²) < 4.78 is 74.7. The van der Waals surface area contributed by atoms with E-state index < -0.39 is 28.4 Å². The van der Waals surface area contributed by atoms with Crippen LogP contribution in [0.3, 0.4) is 0 Å². The lowest BCUT2D eigenvalue weighted by molar-refractivity contribution is -0.135. The van der Waals surface area contributed by atoms with E-state index in [2.05, 4.69) is 0 Å². The zero-order chi connectivity index (χ0) is 15.6. The molecule has 3 N–H and O–H groups in total. The third-order valence-corrected chi connectivity index (χ3v) is 4.12. The van der Waals surface area contributed by atoms with E-state index >= 15 is 0 Å². The monoisotopic (exact) mass is 314 g/mol. The summed E-state index contributed by atoms with van der Waals surface area (Å²) in [7, 11) is -4.01. The number of hydrogen-bond acceptors (Lipinski definition) is 3. The van der Waals surface area contributed by atoms with Crippen molar-refractivity contribution in [3.63, 3.8) is 0 Å². The molecule has 0 aliphatic heterocycles. The fourth-order valence-electron chi connectivity index (χ4n) is 1.53. The molecule has 4 nitrogen and oxygen atoms in total. The van der Waals surface area contributed by atoms with Crippen LogP contribution in [-0.2, 0) is 10.0 Å². The quantitative estimate of drug-likeness (QED) is 0.498.